The Bertz CT molecular complexity index is 733. The fourth-order valence-corrected chi connectivity index (χ4v) is 4.39. The van der Waals surface area contributed by atoms with E-state index in [2.05, 4.69) is 30.7 Å². The Labute approximate surface area is 149 Å². The van der Waals surface area contributed by atoms with Crippen molar-refractivity contribution in [1.82, 2.24) is 9.97 Å². The van der Waals surface area contributed by atoms with Gasteiger partial charge < -0.3 is 9.72 Å². The molecule has 2 aliphatic carbocycles. The lowest BCUT2D eigenvalue weighted by Crippen LogP contribution is -2.36. The maximum Gasteiger partial charge on any atom is 0.309 e. The van der Waals surface area contributed by atoms with Gasteiger partial charge in [0.2, 0.25) is 0 Å². The second kappa shape index (κ2) is 6.47. The van der Waals surface area contributed by atoms with Crippen LogP contribution in [0.5, 0.6) is 0 Å². The second-order valence-electron chi connectivity index (χ2n) is 8.39. The highest BCUT2D eigenvalue weighted by atomic mass is 16.5. The second-order valence-corrected chi connectivity index (χ2v) is 8.39. The maximum absolute atomic E-state index is 12.7. The average molecular weight is 340 g/mol. The number of esters is 1. The first-order valence-electron chi connectivity index (χ1n) is 9.68. The molecule has 2 aliphatic rings. The molecule has 0 radical (unpaired) electrons. The molecule has 4 rings (SSSR count). The Morgan fingerprint density at radius 2 is 2.04 bits per heavy atom. The van der Waals surface area contributed by atoms with Gasteiger partial charge in [-0.15, -0.1) is 0 Å². The first kappa shape index (κ1) is 16.6. The molecule has 5 atom stereocenters. The zero-order valence-corrected chi connectivity index (χ0v) is 15.4. The van der Waals surface area contributed by atoms with Crippen molar-refractivity contribution < 1.29 is 9.53 Å². The number of ether oxygens (including phenoxy) is 1. The molecule has 134 valence electrons. The van der Waals surface area contributed by atoms with E-state index in [1.54, 1.807) is 0 Å². The molecule has 1 aromatic heterocycles. The summed E-state index contributed by atoms with van der Waals surface area (Å²) in [5, 5.41) is 0. The van der Waals surface area contributed by atoms with E-state index in [0.29, 0.717) is 17.8 Å². The molecule has 0 aliphatic heterocycles. The summed E-state index contributed by atoms with van der Waals surface area (Å²) in [6.07, 6.45) is 4.38. The standard InChI is InChI=1S/C21H28N2O2/c1-12(2)14-9-8-13(3)10-19(14)25-21(24)16-11-15(16)20-22-17-6-4-5-7-18(17)23-20/h4-7,12-16,19H,8-11H2,1-3H3,(H,22,23)/t13-,14+,15+,16?,19-/m1/s1. The third-order valence-corrected chi connectivity index (χ3v) is 6.08. The highest BCUT2D eigenvalue weighted by Gasteiger charge is 2.48. The van der Waals surface area contributed by atoms with Gasteiger partial charge in [0, 0.05) is 5.92 Å². The minimum Gasteiger partial charge on any atom is -0.462 e. The van der Waals surface area contributed by atoms with Crippen molar-refractivity contribution in [1.29, 1.82) is 0 Å². The third-order valence-electron chi connectivity index (χ3n) is 6.08. The van der Waals surface area contributed by atoms with Crippen LogP contribution in [0.25, 0.3) is 11.0 Å². The van der Waals surface area contributed by atoms with Gasteiger partial charge in [-0.3, -0.25) is 4.79 Å². The monoisotopic (exact) mass is 340 g/mol. The molecule has 0 amide bonds. The smallest absolute Gasteiger partial charge is 0.309 e. The summed E-state index contributed by atoms with van der Waals surface area (Å²) < 4.78 is 6.00. The van der Waals surface area contributed by atoms with E-state index in [0.717, 1.165) is 29.7 Å². The van der Waals surface area contributed by atoms with Gasteiger partial charge in [-0.25, -0.2) is 4.98 Å². The Morgan fingerprint density at radius 3 is 2.80 bits per heavy atom. The summed E-state index contributed by atoms with van der Waals surface area (Å²) in [7, 11) is 0. The van der Waals surface area contributed by atoms with Crippen molar-refractivity contribution in [2.45, 2.75) is 58.5 Å². The number of rotatable bonds is 4. The van der Waals surface area contributed by atoms with Crippen LogP contribution in [-0.2, 0) is 9.53 Å². The average Bonchev–Trinajstić information content (AvgIpc) is 3.26. The summed E-state index contributed by atoms with van der Waals surface area (Å²) >= 11 is 0. The van der Waals surface area contributed by atoms with Crippen molar-refractivity contribution >= 4 is 17.0 Å². The van der Waals surface area contributed by atoms with Crippen molar-refractivity contribution in [3.05, 3.63) is 30.1 Å². The Hall–Kier alpha value is -1.84. The lowest BCUT2D eigenvalue weighted by atomic mass is 9.75. The first-order chi connectivity index (χ1) is 12.0. The van der Waals surface area contributed by atoms with Gasteiger partial charge in [-0.1, -0.05) is 39.3 Å². The van der Waals surface area contributed by atoms with Crippen LogP contribution < -0.4 is 0 Å². The number of para-hydroxylation sites is 2. The van der Waals surface area contributed by atoms with Gasteiger partial charge in [-0.05, 0) is 49.1 Å². The minimum atomic E-state index is -0.0226. The zero-order chi connectivity index (χ0) is 17.6. The van der Waals surface area contributed by atoms with E-state index in [1.165, 1.54) is 12.8 Å². The minimum absolute atomic E-state index is 0.0183. The number of imidazole rings is 1. The SMILES string of the molecule is CC(C)[C@@H]1CC[C@@H](C)C[C@H]1OC(=O)C1C[C@@H]1c1nc2ccccc2[nH]1. The van der Waals surface area contributed by atoms with Gasteiger partial charge in [0.25, 0.3) is 0 Å². The summed E-state index contributed by atoms with van der Waals surface area (Å²) in [4.78, 5) is 20.7. The Kier molecular flexibility index (Phi) is 4.30. The molecule has 4 heteroatoms. The zero-order valence-electron chi connectivity index (χ0n) is 15.4. The van der Waals surface area contributed by atoms with Gasteiger partial charge in [0.05, 0.1) is 17.0 Å². The van der Waals surface area contributed by atoms with E-state index >= 15 is 0 Å². The van der Waals surface area contributed by atoms with Gasteiger partial charge >= 0.3 is 5.97 Å². The molecule has 1 heterocycles. The summed E-state index contributed by atoms with van der Waals surface area (Å²) in [5.74, 6) is 2.80. The number of nitrogens with zero attached hydrogens (tertiary/aromatic N) is 1. The number of benzene rings is 1. The molecular formula is C21H28N2O2. The van der Waals surface area contributed by atoms with Crippen LogP contribution >= 0.6 is 0 Å². The summed E-state index contributed by atoms with van der Waals surface area (Å²) in [5.41, 5.74) is 2.01. The quantitative estimate of drug-likeness (QED) is 0.823. The number of aromatic amines is 1. The van der Waals surface area contributed by atoms with Crippen molar-refractivity contribution in [2.24, 2.45) is 23.7 Å². The highest BCUT2D eigenvalue weighted by Crippen LogP contribution is 2.48. The molecule has 0 saturated heterocycles. The molecule has 1 N–H and O–H groups in total. The molecule has 0 bridgehead atoms. The highest BCUT2D eigenvalue weighted by molar-refractivity contribution is 5.79. The van der Waals surface area contributed by atoms with Crippen molar-refractivity contribution in [3.63, 3.8) is 0 Å². The van der Waals surface area contributed by atoms with Gasteiger partial charge in [-0.2, -0.15) is 0 Å². The van der Waals surface area contributed by atoms with Crippen molar-refractivity contribution in [2.75, 3.05) is 0 Å². The number of hydrogen-bond acceptors (Lipinski definition) is 3. The molecule has 2 aromatic rings. The molecular weight excluding hydrogens is 312 g/mol. The number of carbonyl (C=O) groups is 1. The van der Waals surface area contributed by atoms with E-state index in [9.17, 15) is 4.79 Å². The summed E-state index contributed by atoms with van der Waals surface area (Å²) in [6, 6.07) is 8.01. The van der Waals surface area contributed by atoms with Crippen LogP contribution in [0.15, 0.2) is 24.3 Å². The number of H-pyrrole nitrogens is 1. The lowest BCUT2D eigenvalue weighted by molar-refractivity contribution is -0.157. The van der Waals surface area contributed by atoms with Crippen LogP contribution in [0.4, 0.5) is 0 Å². The molecule has 1 aromatic carbocycles. The molecule has 4 nitrogen and oxygen atoms in total. The topological polar surface area (TPSA) is 55.0 Å². The number of hydrogen-bond donors (Lipinski definition) is 1. The fraction of sp³-hybridized carbons (Fsp3) is 0.619. The molecule has 2 fully saturated rings. The van der Waals surface area contributed by atoms with Crippen LogP contribution in [0, 0.1) is 23.7 Å². The number of carbonyl (C=O) groups excluding carboxylic acids is 1. The third kappa shape index (κ3) is 3.31. The predicted molar refractivity (Wildman–Crippen MR) is 98.2 cm³/mol. The largest absolute Gasteiger partial charge is 0.462 e. The van der Waals surface area contributed by atoms with Crippen LogP contribution in [0.2, 0.25) is 0 Å². The molecule has 25 heavy (non-hydrogen) atoms. The Morgan fingerprint density at radius 1 is 1.24 bits per heavy atom. The maximum atomic E-state index is 12.7. The van der Waals surface area contributed by atoms with Crippen LogP contribution in [0.1, 0.15) is 58.2 Å². The first-order valence-corrected chi connectivity index (χ1v) is 9.68. The van der Waals surface area contributed by atoms with Crippen LogP contribution in [-0.4, -0.2) is 22.0 Å². The van der Waals surface area contributed by atoms with Gasteiger partial charge in [0.1, 0.15) is 11.9 Å². The Balaban J connectivity index is 1.42. The summed E-state index contributed by atoms with van der Waals surface area (Å²) in [6.45, 7) is 6.76. The molecule has 0 spiro atoms. The van der Waals surface area contributed by atoms with Crippen molar-refractivity contribution in [3.8, 4) is 0 Å². The fourth-order valence-electron chi connectivity index (χ4n) is 4.39. The number of fused-ring (bicyclic) bond motifs is 1. The van der Waals surface area contributed by atoms with Gasteiger partial charge in [0.15, 0.2) is 0 Å². The van der Waals surface area contributed by atoms with Crippen LogP contribution in [0.3, 0.4) is 0 Å². The molecule has 2 saturated carbocycles. The normalized spacial score (nSPS) is 32.1. The van der Waals surface area contributed by atoms with E-state index in [4.69, 9.17) is 4.74 Å². The van der Waals surface area contributed by atoms with E-state index in [-0.39, 0.29) is 23.9 Å². The van der Waals surface area contributed by atoms with E-state index in [1.807, 2.05) is 24.3 Å². The lowest BCUT2D eigenvalue weighted by Gasteiger charge is -2.36. The van der Waals surface area contributed by atoms with E-state index < -0.39 is 0 Å². The predicted octanol–water partition coefficient (Wildman–Crippen LogP) is 4.67. The molecule has 1 unspecified atom stereocenters. The number of aromatic nitrogens is 2. The number of nitrogens with one attached hydrogen (secondary N) is 1.